The highest BCUT2D eigenvalue weighted by Crippen LogP contribution is 2.10. The van der Waals surface area contributed by atoms with Gasteiger partial charge in [0, 0.05) is 5.39 Å². The molecule has 0 fully saturated rings. The Morgan fingerprint density at radius 3 is 2.57 bits per heavy atom. The number of hydrogen-bond donors (Lipinski definition) is 0. The third-order valence-corrected chi connectivity index (χ3v) is 1.56. The summed E-state index contributed by atoms with van der Waals surface area (Å²) in [6.07, 6.45) is 2.47. The van der Waals surface area contributed by atoms with Crippen LogP contribution in [0.5, 0.6) is 0 Å². The fraction of sp³-hybridized carbons (Fsp3) is 0.250. The molecular weight excluding hydrogens is 177 g/mol. The molecule has 0 radical (unpaired) electrons. The minimum absolute atomic E-state index is 0.288. The lowest BCUT2D eigenvalue weighted by molar-refractivity contribution is 0.624. The summed E-state index contributed by atoms with van der Waals surface area (Å²) in [5.41, 5.74) is 0.828. The maximum atomic E-state index is 12.6. The first-order chi connectivity index (χ1) is 6.77. The third kappa shape index (κ3) is 2.80. The zero-order chi connectivity index (χ0) is 10.4. The van der Waals surface area contributed by atoms with Crippen LogP contribution in [0.2, 0.25) is 0 Å². The van der Waals surface area contributed by atoms with Gasteiger partial charge in [-0.3, -0.25) is 4.98 Å². The molecule has 0 aliphatic rings. The van der Waals surface area contributed by atoms with E-state index < -0.39 is 0 Å². The number of fused-ring (bicyclic) bond motifs is 1. The smallest absolute Gasteiger partial charge is 0.142 e. The first-order valence-corrected chi connectivity index (χ1v) is 4.78. The summed E-state index contributed by atoms with van der Waals surface area (Å²) in [5, 5.41) is 0.840. The van der Waals surface area contributed by atoms with Gasteiger partial charge in [0.2, 0.25) is 0 Å². The van der Waals surface area contributed by atoms with Crippen LogP contribution in [0.15, 0.2) is 36.5 Å². The molecule has 0 aliphatic heterocycles. The van der Waals surface area contributed by atoms with Gasteiger partial charge in [-0.2, -0.15) is 0 Å². The van der Waals surface area contributed by atoms with Crippen molar-refractivity contribution in [3.63, 3.8) is 0 Å². The molecule has 1 aromatic heterocycles. The monoisotopic (exact) mass is 191 g/mol. The van der Waals surface area contributed by atoms with Gasteiger partial charge in [0.05, 0.1) is 11.7 Å². The second-order valence-electron chi connectivity index (χ2n) is 3.05. The standard InChI is InChI=1S/C9H6FN.C3H8/c10-8-5-7-3-1-2-4-9(7)11-6-8;1-3-2/h1-6H;3H2,1-2H3. The number of rotatable bonds is 0. The number of nitrogens with zero attached hydrogens (tertiary/aromatic N) is 1. The molecule has 0 bridgehead atoms. The fourth-order valence-electron chi connectivity index (χ4n) is 1.04. The third-order valence-electron chi connectivity index (χ3n) is 1.56. The van der Waals surface area contributed by atoms with E-state index in [1.165, 1.54) is 18.7 Å². The molecule has 14 heavy (non-hydrogen) atoms. The van der Waals surface area contributed by atoms with Crippen molar-refractivity contribution in [2.24, 2.45) is 0 Å². The molecule has 2 aromatic rings. The van der Waals surface area contributed by atoms with Gasteiger partial charge in [-0.15, -0.1) is 0 Å². The predicted octanol–water partition coefficient (Wildman–Crippen LogP) is 3.79. The van der Waals surface area contributed by atoms with Crippen LogP contribution in [0, 0.1) is 5.82 Å². The van der Waals surface area contributed by atoms with Crippen molar-refractivity contribution in [3.8, 4) is 0 Å². The number of halogens is 1. The van der Waals surface area contributed by atoms with Gasteiger partial charge in [0.15, 0.2) is 0 Å². The van der Waals surface area contributed by atoms with E-state index in [0.717, 1.165) is 10.9 Å². The second-order valence-corrected chi connectivity index (χ2v) is 3.05. The van der Waals surface area contributed by atoms with Gasteiger partial charge in [-0.05, 0) is 12.1 Å². The second kappa shape index (κ2) is 5.32. The Hall–Kier alpha value is -1.44. The summed E-state index contributed by atoms with van der Waals surface area (Å²) >= 11 is 0. The first-order valence-electron chi connectivity index (χ1n) is 4.78. The van der Waals surface area contributed by atoms with Crippen molar-refractivity contribution in [2.45, 2.75) is 20.3 Å². The highest BCUT2D eigenvalue weighted by molar-refractivity contribution is 5.77. The average Bonchev–Trinajstić information content (AvgIpc) is 2.19. The maximum absolute atomic E-state index is 12.6. The van der Waals surface area contributed by atoms with E-state index in [9.17, 15) is 4.39 Å². The molecule has 0 unspecified atom stereocenters. The van der Waals surface area contributed by atoms with E-state index in [-0.39, 0.29) is 5.82 Å². The number of para-hydroxylation sites is 1. The average molecular weight is 191 g/mol. The molecule has 0 amide bonds. The molecule has 1 aromatic carbocycles. The van der Waals surface area contributed by atoms with Gasteiger partial charge in [-0.25, -0.2) is 4.39 Å². The van der Waals surface area contributed by atoms with Crippen LogP contribution in [0.1, 0.15) is 20.3 Å². The Kier molecular flexibility index (Phi) is 4.05. The molecule has 0 saturated heterocycles. The molecule has 0 atom stereocenters. The Balaban J connectivity index is 0.000000293. The van der Waals surface area contributed by atoms with Crippen molar-refractivity contribution >= 4 is 10.9 Å². The first kappa shape index (κ1) is 10.6. The number of benzene rings is 1. The van der Waals surface area contributed by atoms with E-state index in [1.807, 2.05) is 24.3 Å². The largest absolute Gasteiger partial charge is 0.253 e. The molecule has 2 heteroatoms. The van der Waals surface area contributed by atoms with Gasteiger partial charge in [0.1, 0.15) is 5.82 Å². The number of hydrogen-bond acceptors (Lipinski definition) is 1. The van der Waals surface area contributed by atoms with Crippen LogP contribution in [-0.2, 0) is 0 Å². The summed E-state index contributed by atoms with van der Waals surface area (Å²) in [5.74, 6) is -0.288. The highest BCUT2D eigenvalue weighted by atomic mass is 19.1. The summed E-state index contributed by atoms with van der Waals surface area (Å²) in [4.78, 5) is 3.91. The number of pyridine rings is 1. The van der Waals surface area contributed by atoms with Crippen LogP contribution < -0.4 is 0 Å². The number of aromatic nitrogens is 1. The maximum Gasteiger partial charge on any atom is 0.142 e. The molecule has 1 heterocycles. The van der Waals surface area contributed by atoms with E-state index >= 15 is 0 Å². The van der Waals surface area contributed by atoms with Crippen LogP contribution in [0.4, 0.5) is 4.39 Å². The molecular formula is C12H14FN. The molecule has 1 nitrogen and oxygen atoms in total. The predicted molar refractivity (Wildman–Crippen MR) is 57.7 cm³/mol. The van der Waals surface area contributed by atoms with Crippen LogP contribution in [-0.4, -0.2) is 4.98 Å². The minimum atomic E-state index is -0.288. The van der Waals surface area contributed by atoms with Gasteiger partial charge < -0.3 is 0 Å². The van der Waals surface area contributed by atoms with Crippen molar-refractivity contribution in [1.82, 2.24) is 4.98 Å². The van der Waals surface area contributed by atoms with E-state index in [1.54, 1.807) is 0 Å². The molecule has 2 rings (SSSR count). The van der Waals surface area contributed by atoms with Crippen molar-refractivity contribution < 1.29 is 4.39 Å². The Labute approximate surface area is 83.6 Å². The lowest BCUT2D eigenvalue weighted by atomic mass is 10.2. The van der Waals surface area contributed by atoms with Crippen molar-refractivity contribution in [2.75, 3.05) is 0 Å². The van der Waals surface area contributed by atoms with Crippen LogP contribution >= 0.6 is 0 Å². The molecule has 0 saturated carbocycles. The van der Waals surface area contributed by atoms with Gasteiger partial charge >= 0.3 is 0 Å². The molecule has 0 aliphatic carbocycles. The minimum Gasteiger partial charge on any atom is -0.253 e. The quantitative estimate of drug-likeness (QED) is 0.617. The van der Waals surface area contributed by atoms with E-state index in [0.29, 0.717) is 0 Å². The zero-order valence-corrected chi connectivity index (χ0v) is 8.50. The van der Waals surface area contributed by atoms with Crippen molar-refractivity contribution in [1.29, 1.82) is 0 Å². The van der Waals surface area contributed by atoms with Crippen LogP contribution in [0.25, 0.3) is 10.9 Å². The molecule has 74 valence electrons. The SMILES string of the molecule is CCC.Fc1cnc2ccccc2c1. The fourth-order valence-corrected chi connectivity index (χ4v) is 1.04. The Bertz CT molecular complexity index is 398. The van der Waals surface area contributed by atoms with Gasteiger partial charge in [-0.1, -0.05) is 38.5 Å². The van der Waals surface area contributed by atoms with Gasteiger partial charge in [0.25, 0.3) is 0 Å². The van der Waals surface area contributed by atoms with Crippen molar-refractivity contribution in [3.05, 3.63) is 42.3 Å². The lowest BCUT2D eigenvalue weighted by Crippen LogP contribution is -1.79. The Morgan fingerprint density at radius 1 is 1.21 bits per heavy atom. The lowest BCUT2D eigenvalue weighted by Gasteiger charge is -1.93. The summed E-state index contributed by atoms with van der Waals surface area (Å²) < 4.78 is 12.6. The molecule has 0 N–H and O–H groups in total. The summed E-state index contributed by atoms with van der Waals surface area (Å²) in [7, 11) is 0. The normalized spacial score (nSPS) is 9.36. The van der Waals surface area contributed by atoms with Crippen LogP contribution in [0.3, 0.4) is 0 Å². The summed E-state index contributed by atoms with van der Waals surface area (Å²) in [6, 6.07) is 8.92. The van der Waals surface area contributed by atoms with E-state index in [4.69, 9.17) is 0 Å². The zero-order valence-electron chi connectivity index (χ0n) is 8.50. The molecule has 0 spiro atoms. The van der Waals surface area contributed by atoms with E-state index in [2.05, 4.69) is 18.8 Å². The highest BCUT2D eigenvalue weighted by Gasteiger charge is 1.93. The summed E-state index contributed by atoms with van der Waals surface area (Å²) in [6.45, 7) is 4.25. The Morgan fingerprint density at radius 2 is 1.86 bits per heavy atom. The topological polar surface area (TPSA) is 12.9 Å².